The molecule has 0 bridgehead atoms. The summed E-state index contributed by atoms with van der Waals surface area (Å²) >= 11 is 6.29. The molecule has 1 aliphatic heterocycles. The molecule has 1 atom stereocenters. The van der Waals surface area contributed by atoms with Crippen LogP contribution in [0.4, 0.5) is 4.39 Å². The zero-order valence-corrected chi connectivity index (χ0v) is 10.1. The van der Waals surface area contributed by atoms with Crippen LogP contribution in [-0.4, -0.2) is 19.2 Å². The standard InChI is InChI=1S/C12H12ClFO3/c1-2-16-11(15)12(13)5-6-17-10-4-3-8(14)7-9(10)12/h3-4,7H,2,5-6H2,1H3. The average molecular weight is 259 g/mol. The molecule has 92 valence electrons. The van der Waals surface area contributed by atoms with Crippen LogP contribution in [0.5, 0.6) is 5.75 Å². The van der Waals surface area contributed by atoms with Gasteiger partial charge in [-0.3, -0.25) is 0 Å². The highest BCUT2D eigenvalue weighted by molar-refractivity contribution is 6.34. The fourth-order valence-corrected chi connectivity index (χ4v) is 2.11. The molecule has 0 N–H and O–H groups in total. The third kappa shape index (κ3) is 2.09. The Balaban J connectivity index is 2.45. The number of alkyl halides is 1. The molecule has 1 heterocycles. The summed E-state index contributed by atoms with van der Waals surface area (Å²) in [7, 11) is 0. The lowest BCUT2D eigenvalue weighted by Gasteiger charge is -2.31. The maximum atomic E-state index is 13.2. The minimum atomic E-state index is -1.34. The van der Waals surface area contributed by atoms with E-state index in [1.54, 1.807) is 6.92 Å². The Morgan fingerprint density at radius 2 is 2.41 bits per heavy atom. The van der Waals surface area contributed by atoms with Gasteiger partial charge in [0.2, 0.25) is 0 Å². The summed E-state index contributed by atoms with van der Waals surface area (Å²) in [5, 5.41) is 0. The number of hydrogen-bond donors (Lipinski definition) is 0. The van der Waals surface area contributed by atoms with E-state index >= 15 is 0 Å². The molecule has 0 fully saturated rings. The van der Waals surface area contributed by atoms with Crippen molar-refractivity contribution in [3.63, 3.8) is 0 Å². The molecule has 0 aromatic heterocycles. The van der Waals surface area contributed by atoms with Crippen molar-refractivity contribution in [2.75, 3.05) is 13.2 Å². The van der Waals surface area contributed by atoms with E-state index in [1.165, 1.54) is 18.2 Å². The van der Waals surface area contributed by atoms with E-state index in [-0.39, 0.29) is 13.0 Å². The first-order valence-corrected chi connectivity index (χ1v) is 5.74. The number of fused-ring (bicyclic) bond motifs is 1. The van der Waals surface area contributed by atoms with Gasteiger partial charge in [-0.05, 0) is 25.1 Å². The number of carbonyl (C=O) groups is 1. The predicted molar refractivity (Wildman–Crippen MR) is 60.7 cm³/mol. The van der Waals surface area contributed by atoms with Crippen LogP contribution in [0.2, 0.25) is 0 Å². The first-order valence-electron chi connectivity index (χ1n) is 5.37. The Kier molecular flexibility index (Phi) is 3.24. The van der Waals surface area contributed by atoms with Crippen molar-refractivity contribution in [2.45, 2.75) is 18.2 Å². The van der Waals surface area contributed by atoms with Crippen LogP contribution in [0.15, 0.2) is 18.2 Å². The van der Waals surface area contributed by atoms with E-state index in [2.05, 4.69) is 0 Å². The number of halogens is 2. The molecule has 1 aromatic rings. The van der Waals surface area contributed by atoms with Crippen molar-refractivity contribution < 1.29 is 18.7 Å². The van der Waals surface area contributed by atoms with Gasteiger partial charge in [0, 0.05) is 12.0 Å². The Labute approximate surface area is 103 Å². The lowest BCUT2D eigenvalue weighted by molar-refractivity contribution is -0.147. The topological polar surface area (TPSA) is 35.5 Å². The minimum absolute atomic E-state index is 0.235. The fraction of sp³-hybridized carbons (Fsp3) is 0.417. The molecule has 0 radical (unpaired) electrons. The van der Waals surface area contributed by atoms with E-state index in [9.17, 15) is 9.18 Å². The Hall–Kier alpha value is -1.29. The molecule has 1 aliphatic rings. The van der Waals surface area contributed by atoms with Gasteiger partial charge in [-0.25, -0.2) is 9.18 Å². The van der Waals surface area contributed by atoms with E-state index < -0.39 is 16.7 Å². The summed E-state index contributed by atoms with van der Waals surface area (Å²) < 4.78 is 23.5. The van der Waals surface area contributed by atoms with Gasteiger partial charge in [0.1, 0.15) is 11.6 Å². The maximum absolute atomic E-state index is 13.2. The molecule has 1 aromatic carbocycles. The van der Waals surface area contributed by atoms with E-state index in [4.69, 9.17) is 21.1 Å². The van der Waals surface area contributed by atoms with Crippen molar-refractivity contribution in [3.05, 3.63) is 29.6 Å². The normalized spacial score (nSPS) is 22.5. The lowest BCUT2D eigenvalue weighted by atomic mass is 9.92. The smallest absolute Gasteiger partial charge is 0.332 e. The molecule has 0 amide bonds. The highest BCUT2D eigenvalue weighted by atomic mass is 35.5. The number of benzene rings is 1. The van der Waals surface area contributed by atoms with Crippen LogP contribution in [-0.2, 0) is 14.4 Å². The van der Waals surface area contributed by atoms with Crippen molar-refractivity contribution in [1.29, 1.82) is 0 Å². The number of rotatable bonds is 2. The summed E-state index contributed by atoms with van der Waals surface area (Å²) in [5.74, 6) is -0.582. The molecule has 0 saturated carbocycles. The van der Waals surface area contributed by atoms with Gasteiger partial charge in [0.25, 0.3) is 0 Å². The number of hydrogen-bond acceptors (Lipinski definition) is 3. The third-order valence-electron chi connectivity index (χ3n) is 2.67. The van der Waals surface area contributed by atoms with E-state index in [0.29, 0.717) is 17.9 Å². The van der Waals surface area contributed by atoms with Crippen molar-refractivity contribution >= 4 is 17.6 Å². The summed E-state index contributed by atoms with van der Waals surface area (Å²) in [6.45, 7) is 2.24. The van der Waals surface area contributed by atoms with Gasteiger partial charge < -0.3 is 9.47 Å². The molecule has 1 unspecified atom stereocenters. The van der Waals surface area contributed by atoms with Gasteiger partial charge in [0.15, 0.2) is 4.87 Å². The first kappa shape index (κ1) is 12.2. The summed E-state index contributed by atoms with van der Waals surface area (Å²) in [4.78, 5) is 10.5. The highest BCUT2D eigenvalue weighted by Gasteiger charge is 2.44. The second kappa shape index (κ2) is 4.53. The monoisotopic (exact) mass is 258 g/mol. The van der Waals surface area contributed by atoms with Crippen LogP contribution in [0, 0.1) is 5.82 Å². The van der Waals surface area contributed by atoms with Crippen LogP contribution in [0.1, 0.15) is 18.9 Å². The Bertz CT molecular complexity index is 449. The van der Waals surface area contributed by atoms with Crippen LogP contribution in [0.25, 0.3) is 0 Å². The van der Waals surface area contributed by atoms with Crippen molar-refractivity contribution in [1.82, 2.24) is 0 Å². The number of ether oxygens (including phenoxy) is 2. The molecule has 3 nitrogen and oxygen atoms in total. The van der Waals surface area contributed by atoms with Crippen molar-refractivity contribution in [2.24, 2.45) is 0 Å². The highest BCUT2D eigenvalue weighted by Crippen LogP contribution is 2.43. The molecule has 17 heavy (non-hydrogen) atoms. The third-order valence-corrected chi connectivity index (χ3v) is 3.22. The summed E-state index contributed by atoms with van der Waals surface area (Å²) in [5.41, 5.74) is 0.337. The van der Waals surface area contributed by atoms with Crippen LogP contribution >= 0.6 is 11.6 Å². The van der Waals surface area contributed by atoms with Crippen LogP contribution < -0.4 is 4.74 Å². The molecule has 0 saturated heterocycles. The first-order chi connectivity index (χ1) is 8.08. The van der Waals surface area contributed by atoms with Crippen molar-refractivity contribution in [3.8, 4) is 5.75 Å². The number of esters is 1. The fourth-order valence-electron chi connectivity index (χ4n) is 1.83. The molecule has 5 heteroatoms. The maximum Gasteiger partial charge on any atom is 0.332 e. The van der Waals surface area contributed by atoms with Gasteiger partial charge in [-0.15, -0.1) is 11.6 Å². The SMILES string of the molecule is CCOC(=O)C1(Cl)CCOc2ccc(F)cc21. The summed E-state index contributed by atoms with van der Waals surface area (Å²) in [6.07, 6.45) is 0.268. The predicted octanol–water partition coefficient (Wildman–Crippen LogP) is 2.61. The Morgan fingerprint density at radius 3 is 3.12 bits per heavy atom. The van der Waals surface area contributed by atoms with Crippen LogP contribution in [0.3, 0.4) is 0 Å². The van der Waals surface area contributed by atoms with Gasteiger partial charge in [0.05, 0.1) is 13.2 Å². The molecular formula is C12H12ClFO3. The van der Waals surface area contributed by atoms with Gasteiger partial charge in [-0.1, -0.05) is 0 Å². The summed E-state index contributed by atoms with van der Waals surface area (Å²) in [6, 6.07) is 3.96. The second-order valence-electron chi connectivity index (χ2n) is 3.76. The lowest BCUT2D eigenvalue weighted by Crippen LogP contribution is -2.37. The van der Waals surface area contributed by atoms with Gasteiger partial charge >= 0.3 is 5.97 Å². The van der Waals surface area contributed by atoms with Gasteiger partial charge in [-0.2, -0.15) is 0 Å². The number of carbonyl (C=O) groups excluding carboxylic acids is 1. The molecule has 0 spiro atoms. The minimum Gasteiger partial charge on any atom is -0.493 e. The molecule has 0 aliphatic carbocycles. The molecule has 2 rings (SSSR count). The molecular weight excluding hydrogens is 247 g/mol. The largest absolute Gasteiger partial charge is 0.493 e. The quantitative estimate of drug-likeness (QED) is 0.604. The van der Waals surface area contributed by atoms with E-state index in [0.717, 1.165) is 0 Å². The zero-order chi connectivity index (χ0) is 12.5. The average Bonchev–Trinajstić information content (AvgIpc) is 2.31. The zero-order valence-electron chi connectivity index (χ0n) is 9.33. The Morgan fingerprint density at radius 1 is 1.65 bits per heavy atom. The second-order valence-corrected chi connectivity index (χ2v) is 4.41. The van der Waals surface area contributed by atoms with E-state index in [1.807, 2.05) is 0 Å².